The molecule has 0 aliphatic carbocycles. The maximum atomic E-state index is 12.9. The lowest BCUT2D eigenvalue weighted by molar-refractivity contribution is 0.281. The van der Waals surface area contributed by atoms with Crippen LogP contribution >= 0.6 is 11.6 Å². The highest BCUT2D eigenvalue weighted by Crippen LogP contribution is 2.10. The van der Waals surface area contributed by atoms with Crippen molar-refractivity contribution in [1.82, 2.24) is 0 Å². The number of hydrogen-bond acceptors (Lipinski definition) is 1. The molecule has 0 saturated carbocycles. The summed E-state index contributed by atoms with van der Waals surface area (Å²) in [6.07, 6.45) is 3.44. The highest BCUT2D eigenvalue weighted by atomic mass is 35.5. The molecule has 0 bridgehead atoms. The van der Waals surface area contributed by atoms with Gasteiger partial charge in [-0.1, -0.05) is 12.2 Å². The Morgan fingerprint density at radius 1 is 1.38 bits per heavy atom. The first-order valence-corrected chi connectivity index (χ1v) is 4.42. The van der Waals surface area contributed by atoms with E-state index in [4.69, 9.17) is 16.7 Å². The second-order valence-corrected chi connectivity index (χ2v) is 2.92. The van der Waals surface area contributed by atoms with Crippen LogP contribution in [0.2, 0.25) is 0 Å². The van der Waals surface area contributed by atoms with Gasteiger partial charge in [0.1, 0.15) is 5.82 Å². The summed E-state index contributed by atoms with van der Waals surface area (Å²) in [5.74, 6) is 0.0473. The number of aliphatic hydroxyl groups is 1. The minimum absolute atomic E-state index is 0.153. The highest BCUT2D eigenvalue weighted by Gasteiger charge is 1.96. The van der Waals surface area contributed by atoms with Crippen LogP contribution in [-0.4, -0.2) is 11.0 Å². The van der Waals surface area contributed by atoms with E-state index in [1.54, 1.807) is 18.2 Å². The molecule has 0 aliphatic rings. The van der Waals surface area contributed by atoms with Gasteiger partial charge in [0.05, 0.1) is 6.61 Å². The highest BCUT2D eigenvalue weighted by molar-refractivity contribution is 6.19. The van der Waals surface area contributed by atoms with E-state index >= 15 is 0 Å². The van der Waals surface area contributed by atoms with Crippen LogP contribution < -0.4 is 0 Å². The molecule has 0 radical (unpaired) electrons. The summed E-state index contributed by atoms with van der Waals surface area (Å²) >= 11 is 5.43. The summed E-state index contributed by atoms with van der Waals surface area (Å²) in [6, 6.07) is 4.41. The summed E-state index contributed by atoms with van der Waals surface area (Å²) in [7, 11) is 0. The van der Waals surface area contributed by atoms with E-state index < -0.39 is 0 Å². The van der Waals surface area contributed by atoms with E-state index in [0.29, 0.717) is 17.0 Å². The maximum Gasteiger partial charge on any atom is 0.124 e. The smallest absolute Gasteiger partial charge is 0.124 e. The lowest BCUT2D eigenvalue weighted by Gasteiger charge is -1.99. The van der Waals surface area contributed by atoms with E-state index in [1.165, 1.54) is 12.1 Å². The Morgan fingerprint density at radius 2 is 2.15 bits per heavy atom. The number of alkyl halides is 1. The van der Waals surface area contributed by atoms with Crippen LogP contribution in [0.1, 0.15) is 11.1 Å². The predicted molar refractivity (Wildman–Crippen MR) is 52.1 cm³/mol. The van der Waals surface area contributed by atoms with Gasteiger partial charge < -0.3 is 5.11 Å². The van der Waals surface area contributed by atoms with Crippen molar-refractivity contribution in [3.8, 4) is 0 Å². The van der Waals surface area contributed by atoms with E-state index in [-0.39, 0.29) is 12.4 Å². The average molecular weight is 201 g/mol. The third-order valence-electron chi connectivity index (χ3n) is 1.56. The van der Waals surface area contributed by atoms with Gasteiger partial charge in [-0.25, -0.2) is 4.39 Å². The van der Waals surface area contributed by atoms with E-state index in [1.807, 2.05) is 0 Å². The fourth-order valence-electron chi connectivity index (χ4n) is 1.04. The van der Waals surface area contributed by atoms with Crippen molar-refractivity contribution >= 4 is 17.7 Å². The summed E-state index contributed by atoms with van der Waals surface area (Å²) in [6.45, 7) is -0.153. The van der Waals surface area contributed by atoms with E-state index in [0.717, 1.165) is 0 Å². The van der Waals surface area contributed by atoms with Gasteiger partial charge in [0, 0.05) is 5.88 Å². The van der Waals surface area contributed by atoms with Crippen molar-refractivity contribution in [2.24, 2.45) is 0 Å². The van der Waals surface area contributed by atoms with Crippen LogP contribution in [0.5, 0.6) is 0 Å². The molecule has 0 heterocycles. The van der Waals surface area contributed by atoms with Crippen molar-refractivity contribution in [2.75, 3.05) is 5.88 Å². The standard InChI is InChI=1S/C10H10ClFO/c11-3-1-2-8-4-9(7-13)6-10(12)5-8/h1-2,4-6,13H,3,7H2. The molecular formula is C10H10ClFO. The van der Waals surface area contributed by atoms with Crippen LogP contribution in [-0.2, 0) is 6.61 Å². The number of hydrogen-bond donors (Lipinski definition) is 1. The summed E-state index contributed by atoms with van der Waals surface area (Å²) < 4.78 is 12.9. The van der Waals surface area contributed by atoms with Crippen LogP contribution in [0.4, 0.5) is 4.39 Å². The zero-order valence-electron chi connectivity index (χ0n) is 7.00. The summed E-state index contributed by atoms with van der Waals surface area (Å²) in [5, 5.41) is 8.80. The number of halogens is 2. The first-order chi connectivity index (χ1) is 6.26. The van der Waals surface area contributed by atoms with E-state index in [2.05, 4.69) is 0 Å². The molecule has 70 valence electrons. The van der Waals surface area contributed by atoms with Crippen molar-refractivity contribution < 1.29 is 9.50 Å². The normalized spacial score (nSPS) is 11.0. The van der Waals surface area contributed by atoms with E-state index in [9.17, 15) is 4.39 Å². The average Bonchev–Trinajstić information content (AvgIpc) is 2.14. The molecule has 3 heteroatoms. The van der Waals surface area contributed by atoms with Gasteiger partial charge in [-0.15, -0.1) is 11.6 Å². The molecular weight excluding hydrogens is 191 g/mol. The van der Waals surface area contributed by atoms with Crippen molar-refractivity contribution in [2.45, 2.75) is 6.61 Å². The molecule has 1 rings (SSSR count). The quantitative estimate of drug-likeness (QED) is 0.744. The topological polar surface area (TPSA) is 20.2 Å². The van der Waals surface area contributed by atoms with Crippen molar-refractivity contribution in [1.29, 1.82) is 0 Å². The fraction of sp³-hybridized carbons (Fsp3) is 0.200. The van der Waals surface area contributed by atoms with Crippen LogP contribution in [0.3, 0.4) is 0 Å². The third-order valence-corrected chi connectivity index (χ3v) is 1.74. The minimum Gasteiger partial charge on any atom is -0.392 e. The van der Waals surface area contributed by atoms with Gasteiger partial charge in [0.25, 0.3) is 0 Å². The second kappa shape index (κ2) is 5.00. The Morgan fingerprint density at radius 3 is 2.77 bits per heavy atom. The first kappa shape index (κ1) is 10.2. The molecule has 1 aromatic rings. The Bertz CT molecular complexity index is 310. The molecule has 0 spiro atoms. The van der Waals surface area contributed by atoms with Gasteiger partial charge in [0.15, 0.2) is 0 Å². The fourth-order valence-corrected chi connectivity index (χ4v) is 1.13. The molecule has 0 fully saturated rings. The maximum absolute atomic E-state index is 12.9. The van der Waals surface area contributed by atoms with Gasteiger partial charge >= 0.3 is 0 Å². The van der Waals surface area contributed by atoms with Gasteiger partial charge in [-0.3, -0.25) is 0 Å². The predicted octanol–water partition coefficient (Wildman–Crippen LogP) is 2.57. The Kier molecular flexibility index (Phi) is 3.93. The molecule has 0 aromatic heterocycles. The van der Waals surface area contributed by atoms with Gasteiger partial charge in [0.2, 0.25) is 0 Å². The monoisotopic (exact) mass is 200 g/mol. The number of rotatable bonds is 3. The Hall–Kier alpha value is -0.860. The lowest BCUT2D eigenvalue weighted by Crippen LogP contribution is -1.86. The molecule has 0 atom stereocenters. The largest absolute Gasteiger partial charge is 0.392 e. The summed E-state index contributed by atoms with van der Waals surface area (Å²) in [5.41, 5.74) is 1.28. The third kappa shape index (κ3) is 3.17. The molecule has 0 aliphatic heterocycles. The van der Waals surface area contributed by atoms with Crippen molar-refractivity contribution in [3.05, 3.63) is 41.2 Å². The minimum atomic E-state index is -0.347. The first-order valence-electron chi connectivity index (χ1n) is 3.89. The lowest BCUT2D eigenvalue weighted by atomic mass is 10.1. The summed E-state index contributed by atoms with van der Waals surface area (Å²) in [4.78, 5) is 0. The molecule has 1 N–H and O–H groups in total. The molecule has 0 amide bonds. The molecule has 0 saturated heterocycles. The zero-order chi connectivity index (χ0) is 9.68. The van der Waals surface area contributed by atoms with Crippen molar-refractivity contribution in [3.63, 3.8) is 0 Å². The Balaban J connectivity index is 2.94. The molecule has 13 heavy (non-hydrogen) atoms. The second-order valence-electron chi connectivity index (χ2n) is 2.61. The SMILES string of the molecule is OCc1cc(F)cc(C=CCCl)c1. The molecule has 1 nitrogen and oxygen atoms in total. The number of aliphatic hydroxyl groups excluding tert-OH is 1. The molecule has 1 aromatic carbocycles. The van der Waals surface area contributed by atoms with Gasteiger partial charge in [-0.05, 0) is 29.3 Å². The van der Waals surface area contributed by atoms with Crippen LogP contribution in [0.15, 0.2) is 24.3 Å². The van der Waals surface area contributed by atoms with Gasteiger partial charge in [-0.2, -0.15) is 0 Å². The van der Waals surface area contributed by atoms with Crippen LogP contribution in [0.25, 0.3) is 6.08 Å². The van der Waals surface area contributed by atoms with Crippen LogP contribution in [0, 0.1) is 5.82 Å². The molecule has 0 unspecified atom stereocenters. The number of benzene rings is 1. The Labute approximate surface area is 81.5 Å². The zero-order valence-corrected chi connectivity index (χ0v) is 7.76. The number of allylic oxidation sites excluding steroid dienone is 1.